The quantitative estimate of drug-likeness (QED) is 0.835. The van der Waals surface area contributed by atoms with E-state index in [1.807, 2.05) is 31.2 Å². The van der Waals surface area contributed by atoms with Gasteiger partial charge >= 0.3 is 0 Å². The van der Waals surface area contributed by atoms with Crippen molar-refractivity contribution >= 4 is 23.4 Å². The van der Waals surface area contributed by atoms with Gasteiger partial charge in [-0.3, -0.25) is 4.79 Å². The highest BCUT2D eigenvalue weighted by Crippen LogP contribution is 2.23. The van der Waals surface area contributed by atoms with Crippen molar-refractivity contribution < 1.29 is 13.9 Å². The fourth-order valence-electron chi connectivity index (χ4n) is 1.94. The van der Waals surface area contributed by atoms with Crippen LogP contribution in [0.4, 0.5) is 10.1 Å². The van der Waals surface area contributed by atoms with Crippen LogP contribution in [0.5, 0.6) is 5.75 Å². The largest absolute Gasteiger partial charge is 0.494 e. The average molecular weight is 319 g/mol. The molecule has 5 heteroatoms. The van der Waals surface area contributed by atoms with Crippen LogP contribution in [0.2, 0.25) is 0 Å². The number of nitrogens with one attached hydrogen (secondary N) is 1. The molecule has 0 saturated carbocycles. The molecule has 0 radical (unpaired) electrons. The third kappa shape index (κ3) is 5.07. The third-order valence-electron chi connectivity index (χ3n) is 2.87. The van der Waals surface area contributed by atoms with E-state index in [9.17, 15) is 9.18 Å². The van der Waals surface area contributed by atoms with E-state index in [4.69, 9.17) is 4.74 Å². The van der Waals surface area contributed by atoms with Crippen LogP contribution in [-0.2, 0) is 10.5 Å². The van der Waals surface area contributed by atoms with Gasteiger partial charge in [0.1, 0.15) is 11.6 Å². The van der Waals surface area contributed by atoms with E-state index < -0.39 is 0 Å². The molecule has 0 saturated heterocycles. The summed E-state index contributed by atoms with van der Waals surface area (Å²) in [5.41, 5.74) is 1.54. The summed E-state index contributed by atoms with van der Waals surface area (Å²) in [6.45, 7) is 2.55. The predicted molar refractivity (Wildman–Crippen MR) is 88.8 cm³/mol. The molecule has 0 fully saturated rings. The first kappa shape index (κ1) is 16.4. The highest BCUT2D eigenvalue weighted by molar-refractivity contribution is 7.99. The van der Waals surface area contributed by atoms with E-state index in [0.29, 0.717) is 23.8 Å². The van der Waals surface area contributed by atoms with E-state index in [1.54, 1.807) is 12.1 Å². The van der Waals surface area contributed by atoms with Crippen LogP contribution in [0.25, 0.3) is 0 Å². The number of carbonyl (C=O) groups is 1. The molecule has 2 aromatic carbocycles. The van der Waals surface area contributed by atoms with Crippen LogP contribution in [0.1, 0.15) is 12.5 Å². The minimum absolute atomic E-state index is 0.149. The maximum absolute atomic E-state index is 13.0. The second kappa shape index (κ2) is 8.44. The van der Waals surface area contributed by atoms with Gasteiger partial charge in [-0.05, 0) is 31.2 Å². The fourth-order valence-corrected chi connectivity index (χ4v) is 2.75. The zero-order chi connectivity index (χ0) is 15.8. The summed E-state index contributed by atoms with van der Waals surface area (Å²) in [5, 5.41) is 2.68. The van der Waals surface area contributed by atoms with Crippen LogP contribution in [0.15, 0.2) is 48.5 Å². The summed E-state index contributed by atoms with van der Waals surface area (Å²) >= 11 is 1.49. The lowest BCUT2D eigenvalue weighted by Gasteiger charge is -2.09. The molecule has 1 amide bonds. The lowest BCUT2D eigenvalue weighted by Crippen LogP contribution is -2.14. The summed E-state index contributed by atoms with van der Waals surface area (Å²) in [7, 11) is 0. The van der Waals surface area contributed by atoms with E-state index in [0.717, 1.165) is 11.3 Å². The molecule has 116 valence electrons. The van der Waals surface area contributed by atoms with Crippen LogP contribution < -0.4 is 10.1 Å². The number of amides is 1. The number of hydrogen-bond donors (Lipinski definition) is 1. The van der Waals surface area contributed by atoms with E-state index in [1.165, 1.54) is 23.9 Å². The number of rotatable bonds is 7. The Morgan fingerprint density at radius 3 is 2.82 bits per heavy atom. The maximum atomic E-state index is 13.0. The number of para-hydroxylation sites is 1. The summed E-state index contributed by atoms with van der Waals surface area (Å²) in [5.74, 6) is 1.33. The zero-order valence-corrected chi connectivity index (χ0v) is 13.2. The van der Waals surface area contributed by atoms with Crippen molar-refractivity contribution in [3.8, 4) is 5.75 Å². The van der Waals surface area contributed by atoms with Gasteiger partial charge in [-0.2, -0.15) is 0 Å². The Balaban J connectivity index is 1.82. The van der Waals surface area contributed by atoms with Crippen LogP contribution in [0, 0.1) is 5.82 Å². The van der Waals surface area contributed by atoms with Gasteiger partial charge in [-0.15, -0.1) is 11.8 Å². The predicted octanol–water partition coefficient (Wildman–Crippen LogP) is 4.10. The molecule has 0 spiro atoms. The average Bonchev–Trinajstić information content (AvgIpc) is 2.49. The Morgan fingerprint density at radius 1 is 1.23 bits per heavy atom. The number of halogens is 1. The number of benzene rings is 2. The number of carbonyl (C=O) groups excluding carboxylic acids is 1. The topological polar surface area (TPSA) is 38.3 Å². The summed E-state index contributed by atoms with van der Waals surface area (Å²) in [4.78, 5) is 11.8. The molecule has 3 nitrogen and oxygen atoms in total. The first-order valence-electron chi connectivity index (χ1n) is 7.03. The highest BCUT2D eigenvalue weighted by Gasteiger charge is 2.06. The van der Waals surface area contributed by atoms with Crippen molar-refractivity contribution in [2.24, 2.45) is 0 Å². The maximum Gasteiger partial charge on any atom is 0.234 e. The van der Waals surface area contributed by atoms with Crippen molar-refractivity contribution in [3.05, 3.63) is 59.9 Å². The van der Waals surface area contributed by atoms with Crippen molar-refractivity contribution in [1.29, 1.82) is 0 Å². The molecule has 22 heavy (non-hydrogen) atoms. The Hall–Kier alpha value is -2.01. The van der Waals surface area contributed by atoms with Crippen LogP contribution in [-0.4, -0.2) is 18.3 Å². The Labute approximate surface area is 133 Å². The van der Waals surface area contributed by atoms with Gasteiger partial charge in [0.15, 0.2) is 0 Å². The lowest BCUT2D eigenvalue weighted by molar-refractivity contribution is -0.113. The van der Waals surface area contributed by atoms with Crippen LogP contribution in [0.3, 0.4) is 0 Å². The fraction of sp³-hybridized carbons (Fsp3) is 0.235. The molecule has 0 aromatic heterocycles. The molecule has 0 atom stereocenters. The Kier molecular flexibility index (Phi) is 6.27. The molecule has 0 aliphatic carbocycles. The van der Waals surface area contributed by atoms with Crippen molar-refractivity contribution in [2.75, 3.05) is 17.7 Å². The number of anilines is 1. The van der Waals surface area contributed by atoms with Gasteiger partial charge in [-0.1, -0.05) is 24.3 Å². The second-order valence-corrected chi connectivity index (χ2v) is 5.58. The molecule has 0 aliphatic rings. The molecule has 2 aromatic rings. The first-order chi connectivity index (χ1) is 10.7. The molecule has 0 heterocycles. The lowest BCUT2D eigenvalue weighted by atomic mass is 10.2. The van der Waals surface area contributed by atoms with Gasteiger partial charge in [0, 0.05) is 17.0 Å². The zero-order valence-electron chi connectivity index (χ0n) is 12.3. The Bertz CT molecular complexity index is 634. The molecule has 0 unspecified atom stereocenters. The van der Waals surface area contributed by atoms with Gasteiger partial charge in [-0.25, -0.2) is 4.39 Å². The minimum Gasteiger partial charge on any atom is -0.494 e. The van der Waals surface area contributed by atoms with Crippen LogP contribution >= 0.6 is 11.8 Å². The summed E-state index contributed by atoms with van der Waals surface area (Å²) in [6.07, 6.45) is 0. The second-order valence-electron chi connectivity index (χ2n) is 4.59. The van der Waals surface area contributed by atoms with Gasteiger partial charge in [0.25, 0.3) is 0 Å². The molecular weight excluding hydrogens is 301 g/mol. The standard InChI is InChI=1S/C17H18FNO2S/c1-2-21-16-9-4-3-6-13(16)11-22-12-17(20)19-15-8-5-7-14(18)10-15/h3-10H,2,11-12H2,1H3,(H,19,20). The number of hydrogen-bond acceptors (Lipinski definition) is 3. The monoisotopic (exact) mass is 319 g/mol. The van der Waals surface area contributed by atoms with E-state index in [2.05, 4.69) is 5.32 Å². The number of thioether (sulfide) groups is 1. The Morgan fingerprint density at radius 2 is 2.05 bits per heavy atom. The third-order valence-corrected chi connectivity index (χ3v) is 3.85. The van der Waals surface area contributed by atoms with E-state index >= 15 is 0 Å². The summed E-state index contributed by atoms with van der Waals surface area (Å²) in [6, 6.07) is 13.7. The first-order valence-corrected chi connectivity index (χ1v) is 8.18. The normalized spacial score (nSPS) is 10.3. The van der Waals surface area contributed by atoms with Crippen molar-refractivity contribution in [2.45, 2.75) is 12.7 Å². The van der Waals surface area contributed by atoms with Gasteiger partial charge in [0.2, 0.25) is 5.91 Å². The highest BCUT2D eigenvalue weighted by atomic mass is 32.2. The minimum atomic E-state index is -0.365. The molecule has 2 rings (SSSR count). The van der Waals surface area contributed by atoms with Gasteiger partial charge in [0.05, 0.1) is 12.4 Å². The van der Waals surface area contributed by atoms with Crippen molar-refractivity contribution in [1.82, 2.24) is 0 Å². The number of ether oxygens (including phenoxy) is 1. The SMILES string of the molecule is CCOc1ccccc1CSCC(=O)Nc1cccc(F)c1. The van der Waals surface area contributed by atoms with Gasteiger partial charge < -0.3 is 10.1 Å². The molecule has 0 aliphatic heterocycles. The smallest absolute Gasteiger partial charge is 0.234 e. The summed E-state index contributed by atoms with van der Waals surface area (Å²) < 4.78 is 18.6. The molecule has 1 N–H and O–H groups in total. The molecule has 0 bridgehead atoms. The van der Waals surface area contributed by atoms with E-state index in [-0.39, 0.29) is 11.7 Å². The molecular formula is C17H18FNO2S. The van der Waals surface area contributed by atoms with Crippen molar-refractivity contribution in [3.63, 3.8) is 0 Å².